The Morgan fingerprint density at radius 3 is 2.50 bits per heavy atom. The highest BCUT2D eigenvalue weighted by molar-refractivity contribution is 6.34. The van der Waals surface area contributed by atoms with Gasteiger partial charge in [0, 0.05) is 52.0 Å². The predicted molar refractivity (Wildman–Crippen MR) is 157 cm³/mol. The smallest absolute Gasteiger partial charge is 0.379 e. The van der Waals surface area contributed by atoms with Crippen molar-refractivity contribution in [2.45, 2.75) is 12.6 Å². The van der Waals surface area contributed by atoms with Gasteiger partial charge >= 0.3 is 6.18 Å². The molecule has 16 heteroatoms. The molecule has 2 aliphatic rings. The van der Waals surface area contributed by atoms with Gasteiger partial charge in [-0.2, -0.15) is 13.2 Å². The van der Waals surface area contributed by atoms with E-state index < -0.39 is 17.8 Å². The lowest BCUT2D eigenvalue weighted by Crippen LogP contribution is -2.44. The SMILES string of the molecule is CN1CCN(c2ccc(-n3cc(C(=O)NCCCN4CCOCC4)nn3)cc2NC(=O)c2cnc(C(F)(F)F)cc2Cl)CC1. The molecule has 0 spiro atoms. The van der Waals surface area contributed by atoms with E-state index in [9.17, 15) is 22.8 Å². The number of pyridine rings is 1. The average Bonchev–Trinajstić information content (AvgIpc) is 3.50. The van der Waals surface area contributed by atoms with E-state index in [4.69, 9.17) is 16.3 Å². The zero-order chi connectivity index (χ0) is 31.3. The van der Waals surface area contributed by atoms with Gasteiger partial charge in [0.05, 0.1) is 47.1 Å². The second kappa shape index (κ2) is 13.9. The molecule has 3 aromatic rings. The Morgan fingerprint density at radius 1 is 1.05 bits per heavy atom. The van der Waals surface area contributed by atoms with Gasteiger partial charge in [-0.05, 0) is 44.3 Å². The van der Waals surface area contributed by atoms with Crippen LogP contribution in [-0.2, 0) is 10.9 Å². The fourth-order valence-corrected chi connectivity index (χ4v) is 5.18. The predicted octanol–water partition coefficient (Wildman–Crippen LogP) is 2.79. The number of likely N-dealkylation sites (N-methyl/N-ethyl adjacent to an activating group) is 1. The molecule has 1 aromatic carbocycles. The summed E-state index contributed by atoms with van der Waals surface area (Å²) in [6.45, 7) is 7.54. The number of piperazine rings is 1. The lowest BCUT2D eigenvalue weighted by atomic mass is 10.1. The maximum Gasteiger partial charge on any atom is 0.433 e. The Labute approximate surface area is 257 Å². The first-order chi connectivity index (χ1) is 21.1. The first-order valence-corrected chi connectivity index (χ1v) is 14.6. The monoisotopic (exact) mass is 635 g/mol. The molecule has 0 aliphatic carbocycles. The van der Waals surface area contributed by atoms with Crippen molar-refractivity contribution in [3.05, 3.63) is 58.6 Å². The van der Waals surface area contributed by atoms with Crippen molar-refractivity contribution < 1.29 is 27.5 Å². The Hall–Kier alpha value is -3.79. The summed E-state index contributed by atoms with van der Waals surface area (Å²) < 4.78 is 46.0. The Balaban J connectivity index is 1.31. The Kier molecular flexibility index (Phi) is 9.98. The number of carbonyl (C=O) groups is 2. The molecule has 2 N–H and O–H groups in total. The van der Waals surface area contributed by atoms with Crippen molar-refractivity contribution in [2.24, 2.45) is 0 Å². The molecule has 44 heavy (non-hydrogen) atoms. The van der Waals surface area contributed by atoms with Crippen molar-refractivity contribution in [1.29, 1.82) is 0 Å². The van der Waals surface area contributed by atoms with Crippen LogP contribution in [-0.4, -0.2) is 114 Å². The van der Waals surface area contributed by atoms with Crippen LogP contribution in [0.4, 0.5) is 24.5 Å². The molecule has 0 atom stereocenters. The second-order valence-electron chi connectivity index (χ2n) is 10.6. The molecule has 2 aromatic heterocycles. The normalized spacial score (nSPS) is 16.6. The number of nitrogens with one attached hydrogen (secondary N) is 2. The summed E-state index contributed by atoms with van der Waals surface area (Å²) in [6, 6.07) is 5.89. The third kappa shape index (κ3) is 7.83. The second-order valence-corrected chi connectivity index (χ2v) is 11.0. The van der Waals surface area contributed by atoms with Gasteiger partial charge in [0.25, 0.3) is 11.8 Å². The molecule has 236 valence electrons. The molecular formula is C28H33ClF3N9O3. The summed E-state index contributed by atoms with van der Waals surface area (Å²) in [7, 11) is 2.02. The van der Waals surface area contributed by atoms with Gasteiger partial charge in [-0.3, -0.25) is 19.5 Å². The number of amides is 2. The number of morpholine rings is 1. The molecule has 4 heterocycles. The molecule has 0 bridgehead atoms. The fraction of sp³-hybridized carbons (Fsp3) is 0.464. The number of benzene rings is 1. The maximum atomic E-state index is 13.2. The number of nitrogens with zero attached hydrogens (tertiary/aromatic N) is 7. The van der Waals surface area contributed by atoms with Crippen LogP contribution >= 0.6 is 11.6 Å². The van der Waals surface area contributed by atoms with Gasteiger partial charge in [-0.1, -0.05) is 16.8 Å². The van der Waals surface area contributed by atoms with E-state index in [2.05, 4.69) is 40.6 Å². The molecular weight excluding hydrogens is 603 g/mol. The lowest BCUT2D eigenvalue weighted by Gasteiger charge is -2.35. The number of hydrogen-bond acceptors (Lipinski definition) is 9. The third-order valence-electron chi connectivity index (χ3n) is 7.49. The number of ether oxygens (including phenoxy) is 1. The minimum Gasteiger partial charge on any atom is -0.379 e. The van der Waals surface area contributed by atoms with Crippen LogP contribution in [0.15, 0.2) is 36.7 Å². The molecule has 2 saturated heterocycles. The molecule has 0 saturated carbocycles. The maximum absolute atomic E-state index is 13.2. The largest absolute Gasteiger partial charge is 0.433 e. The standard InChI is InChI=1S/C28H33ClF3N9O3/c1-38-7-9-40(10-8-38)24-4-3-19(15-22(24)35-26(42)20-17-34-25(16-21(20)29)28(30,31)32)41-18-23(36-37-41)27(43)33-5-2-6-39-11-13-44-14-12-39/h3-4,15-18H,2,5-14H2,1H3,(H,33,43)(H,35,42). The van der Waals surface area contributed by atoms with Crippen molar-refractivity contribution in [3.63, 3.8) is 0 Å². The molecule has 2 aliphatic heterocycles. The number of halogens is 4. The molecule has 0 radical (unpaired) electrons. The first-order valence-electron chi connectivity index (χ1n) is 14.2. The molecule has 12 nitrogen and oxygen atoms in total. The van der Waals surface area contributed by atoms with Crippen LogP contribution in [0.5, 0.6) is 0 Å². The Morgan fingerprint density at radius 2 is 1.80 bits per heavy atom. The van der Waals surface area contributed by atoms with Crippen molar-refractivity contribution in [3.8, 4) is 5.69 Å². The molecule has 0 unspecified atom stereocenters. The summed E-state index contributed by atoms with van der Waals surface area (Å²) in [5.41, 5.74) is 0.341. The highest BCUT2D eigenvalue weighted by atomic mass is 35.5. The lowest BCUT2D eigenvalue weighted by molar-refractivity contribution is -0.141. The highest BCUT2D eigenvalue weighted by Crippen LogP contribution is 2.32. The zero-order valence-corrected chi connectivity index (χ0v) is 24.9. The summed E-state index contributed by atoms with van der Waals surface area (Å²) >= 11 is 6.06. The quantitative estimate of drug-likeness (QED) is 0.342. The Bertz CT molecular complexity index is 1470. The van der Waals surface area contributed by atoms with E-state index in [0.717, 1.165) is 58.6 Å². The van der Waals surface area contributed by atoms with E-state index in [1.165, 1.54) is 10.9 Å². The molecule has 2 amide bonds. The van der Waals surface area contributed by atoms with E-state index in [1.54, 1.807) is 12.1 Å². The number of carbonyl (C=O) groups excluding carboxylic acids is 2. The van der Waals surface area contributed by atoms with E-state index in [-0.39, 0.29) is 22.2 Å². The summed E-state index contributed by atoms with van der Waals surface area (Å²) in [6.07, 6.45) is -1.61. The zero-order valence-electron chi connectivity index (χ0n) is 24.1. The van der Waals surface area contributed by atoms with Crippen molar-refractivity contribution in [2.75, 3.05) is 82.8 Å². The van der Waals surface area contributed by atoms with Gasteiger partial charge in [-0.25, -0.2) is 4.68 Å². The minimum atomic E-state index is -4.70. The summed E-state index contributed by atoms with van der Waals surface area (Å²) in [5.74, 6) is -1.08. The number of anilines is 2. The van der Waals surface area contributed by atoms with E-state index in [1.807, 2.05) is 13.1 Å². The van der Waals surface area contributed by atoms with E-state index >= 15 is 0 Å². The van der Waals surface area contributed by atoms with Crippen LogP contribution in [0.1, 0.15) is 33.0 Å². The van der Waals surface area contributed by atoms with Gasteiger partial charge in [0.15, 0.2) is 5.69 Å². The number of hydrogen-bond donors (Lipinski definition) is 2. The van der Waals surface area contributed by atoms with Crippen LogP contribution < -0.4 is 15.5 Å². The van der Waals surface area contributed by atoms with Gasteiger partial charge < -0.3 is 25.2 Å². The van der Waals surface area contributed by atoms with Crippen LogP contribution in [0.3, 0.4) is 0 Å². The van der Waals surface area contributed by atoms with Crippen LogP contribution in [0.2, 0.25) is 5.02 Å². The topological polar surface area (TPSA) is 121 Å². The highest BCUT2D eigenvalue weighted by Gasteiger charge is 2.33. The molecule has 5 rings (SSSR count). The van der Waals surface area contributed by atoms with Gasteiger partial charge in [0.1, 0.15) is 5.69 Å². The number of rotatable bonds is 9. The van der Waals surface area contributed by atoms with Gasteiger partial charge in [0.2, 0.25) is 0 Å². The van der Waals surface area contributed by atoms with Crippen LogP contribution in [0.25, 0.3) is 5.69 Å². The summed E-state index contributed by atoms with van der Waals surface area (Å²) in [4.78, 5) is 35.9. The molecule has 2 fully saturated rings. The average molecular weight is 636 g/mol. The fourth-order valence-electron chi connectivity index (χ4n) is 4.95. The van der Waals surface area contributed by atoms with Crippen molar-refractivity contribution in [1.82, 2.24) is 35.1 Å². The number of alkyl halides is 3. The van der Waals surface area contributed by atoms with Crippen LogP contribution in [0, 0.1) is 0 Å². The minimum absolute atomic E-state index is 0.132. The first kappa shape index (κ1) is 31.6. The summed E-state index contributed by atoms with van der Waals surface area (Å²) in [5, 5.41) is 13.4. The van der Waals surface area contributed by atoms with Gasteiger partial charge in [-0.15, -0.1) is 5.10 Å². The number of aromatic nitrogens is 4. The van der Waals surface area contributed by atoms with Crippen molar-refractivity contribution >= 4 is 34.8 Å². The third-order valence-corrected chi connectivity index (χ3v) is 7.80. The van der Waals surface area contributed by atoms with E-state index in [0.29, 0.717) is 42.8 Å².